The molecule has 2 aromatic rings. The molecule has 0 unspecified atom stereocenters. The Hall–Kier alpha value is -3.14. The molecule has 2 aromatic carbocycles. The summed E-state index contributed by atoms with van der Waals surface area (Å²) in [7, 11) is -2.48. The minimum atomic E-state index is -4.03. The number of carbonyl (C=O) groups is 1. The highest BCUT2D eigenvalue weighted by atomic mass is 32.2. The number of likely N-dealkylation sites (N-methyl/N-ethyl adjacent to an activating group) is 1. The van der Waals surface area contributed by atoms with Crippen molar-refractivity contribution in [1.29, 1.82) is 0 Å². The summed E-state index contributed by atoms with van der Waals surface area (Å²) in [4.78, 5) is 24.2. The monoisotopic (exact) mass is 432 g/mol. The predicted molar refractivity (Wildman–Crippen MR) is 114 cm³/mol. The molecule has 10 heteroatoms. The zero-order valence-corrected chi connectivity index (χ0v) is 17.8. The van der Waals surface area contributed by atoms with Crippen molar-refractivity contribution < 1.29 is 18.1 Å². The largest absolute Gasteiger partial charge is 0.360 e. The van der Waals surface area contributed by atoms with Crippen molar-refractivity contribution in [1.82, 2.24) is 5.32 Å². The molecule has 160 valence electrons. The molecule has 9 nitrogen and oxygen atoms in total. The van der Waals surface area contributed by atoms with E-state index in [0.29, 0.717) is 5.69 Å². The van der Waals surface area contributed by atoms with Gasteiger partial charge in [0.25, 0.3) is 15.7 Å². The van der Waals surface area contributed by atoms with Crippen LogP contribution in [-0.2, 0) is 14.8 Å². The summed E-state index contributed by atoms with van der Waals surface area (Å²) in [6.45, 7) is 3.61. The number of nitro groups is 1. The fourth-order valence-corrected chi connectivity index (χ4v) is 4.22. The number of sulfonamides is 1. The number of amides is 1. The van der Waals surface area contributed by atoms with Crippen LogP contribution in [0, 0.1) is 24.0 Å². The van der Waals surface area contributed by atoms with Gasteiger partial charge in [0.1, 0.15) is 5.69 Å². The third kappa shape index (κ3) is 5.07. The maximum atomic E-state index is 12.8. The molecule has 30 heavy (non-hydrogen) atoms. The number of nitrogens with one attached hydrogen (secondary N) is 2. The molecule has 1 aliphatic carbocycles. The van der Waals surface area contributed by atoms with Gasteiger partial charge in [-0.1, -0.05) is 17.7 Å². The van der Waals surface area contributed by atoms with E-state index in [2.05, 4.69) is 10.0 Å². The van der Waals surface area contributed by atoms with Crippen molar-refractivity contribution in [3.63, 3.8) is 0 Å². The van der Waals surface area contributed by atoms with Gasteiger partial charge in [-0.3, -0.25) is 19.6 Å². The smallest absolute Gasteiger partial charge is 0.293 e. The van der Waals surface area contributed by atoms with Gasteiger partial charge in [0.2, 0.25) is 5.91 Å². The van der Waals surface area contributed by atoms with Crippen LogP contribution in [0.25, 0.3) is 0 Å². The number of nitro benzene ring substituents is 1. The van der Waals surface area contributed by atoms with E-state index in [0.717, 1.165) is 30.0 Å². The number of carbonyl (C=O) groups excluding carboxylic acids is 1. The maximum Gasteiger partial charge on any atom is 0.293 e. The molecule has 1 fully saturated rings. The first-order valence-corrected chi connectivity index (χ1v) is 10.9. The molecule has 0 aromatic heterocycles. The van der Waals surface area contributed by atoms with E-state index in [1.165, 1.54) is 17.0 Å². The van der Waals surface area contributed by atoms with Crippen molar-refractivity contribution in [2.24, 2.45) is 0 Å². The highest BCUT2D eigenvalue weighted by Gasteiger charge is 2.27. The van der Waals surface area contributed by atoms with E-state index < -0.39 is 14.9 Å². The number of anilines is 2. The zero-order valence-electron chi connectivity index (χ0n) is 17.0. The van der Waals surface area contributed by atoms with Gasteiger partial charge in [-0.05, 0) is 50.5 Å². The quantitative estimate of drug-likeness (QED) is 0.489. The van der Waals surface area contributed by atoms with Gasteiger partial charge in [0.15, 0.2) is 0 Å². The molecule has 0 radical (unpaired) electrons. The minimum Gasteiger partial charge on any atom is -0.360 e. The van der Waals surface area contributed by atoms with Gasteiger partial charge in [0, 0.05) is 19.2 Å². The maximum absolute atomic E-state index is 12.8. The standard InChI is InChI=1S/C20H24N4O5S/c1-13-4-8-17(14(2)10-13)22-30(28,29)16-7-9-18(19(11-16)24(26)27)23(3)12-20(25)21-15-5-6-15/h4,7-11,15,22H,5-6,12H2,1-3H3,(H,21,25). The Kier molecular flexibility index (Phi) is 5.97. The molecule has 1 saturated carbocycles. The summed E-state index contributed by atoms with van der Waals surface area (Å²) in [6, 6.07) is 9.10. The molecule has 3 rings (SSSR count). The number of aryl methyl sites for hydroxylation is 2. The zero-order chi connectivity index (χ0) is 22.1. The van der Waals surface area contributed by atoms with Gasteiger partial charge in [-0.15, -0.1) is 0 Å². The van der Waals surface area contributed by atoms with Crippen molar-refractivity contribution >= 4 is 33.0 Å². The Morgan fingerprint density at radius 3 is 2.50 bits per heavy atom. The van der Waals surface area contributed by atoms with Crippen LogP contribution in [0.15, 0.2) is 41.3 Å². The van der Waals surface area contributed by atoms with E-state index in [4.69, 9.17) is 0 Å². The van der Waals surface area contributed by atoms with Gasteiger partial charge in [-0.25, -0.2) is 8.42 Å². The molecule has 1 amide bonds. The first-order chi connectivity index (χ1) is 14.1. The summed E-state index contributed by atoms with van der Waals surface area (Å²) >= 11 is 0. The van der Waals surface area contributed by atoms with Crippen LogP contribution < -0.4 is 14.9 Å². The molecule has 2 N–H and O–H groups in total. The van der Waals surface area contributed by atoms with E-state index in [9.17, 15) is 23.3 Å². The first-order valence-electron chi connectivity index (χ1n) is 9.46. The topological polar surface area (TPSA) is 122 Å². The molecule has 1 aliphatic rings. The van der Waals surface area contributed by atoms with Crippen LogP contribution in [0.2, 0.25) is 0 Å². The SMILES string of the molecule is Cc1ccc(NS(=O)(=O)c2ccc(N(C)CC(=O)NC3CC3)c([N+](=O)[O-])c2)c(C)c1. The number of hydrogen-bond donors (Lipinski definition) is 2. The fraction of sp³-hybridized carbons (Fsp3) is 0.350. The molecular formula is C20H24N4O5S. The van der Waals surface area contributed by atoms with Crippen molar-refractivity contribution in [2.75, 3.05) is 23.2 Å². The summed E-state index contributed by atoms with van der Waals surface area (Å²) in [5.41, 5.74) is 1.91. The number of nitrogens with zero attached hydrogens (tertiary/aromatic N) is 2. The van der Waals surface area contributed by atoms with E-state index >= 15 is 0 Å². The van der Waals surface area contributed by atoms with Crippen LogP contribution in [0.1, 0.15) is 24.0 Å². The highest BCUT2D eigenvalue weighted by molar-refractivity contribution is 7.92. The van der Waals surface area contributed by atoms with Crippen LogP contribution in [0.5, 0.6) is 0 Å². The van der Waals surface area contributed by atoms with E-state index in [-0.39, 0.29) is 34.8 Å². The molecular weight excluding hydrogens is 408 g/mol. The lowest BCUT2D eigenvalue weighted by atomic mass is 10.1. The lowest BCUT2D eigenvalue weighted by molar-refractivity contribution is -0.384. The molecule has 0 bridgehead atoms. The summed E-state index contributed by atoms with van der Waals surface area (Å²) in [5, 5.41) is 14.4. The lowest BCUT2D eigenvalue weighted by Gasteiger charge is -2.19. The third-order valence-electron chi connectivity index (χ3n) is 4.81. The average molecular weight is 433 g/mol. The second kappa shape index (κ2) is 8.31. The second-order valence-electron chi connectivity index (χ2n) is 7.53. The van der Waals surface area contributed by atoms with Crippen molar-refractivity contribution in [3.05, 3.63) is 57.6 Å². The molecule has 0 spiro atoms. The Bertz CT molecular complexity index is 1100. The predicted octanol–water partition coefficient (Wildman–Crippen LogP) is 2.73. The third-order valence-corrected chi connectivity index (χ3v) is 6.18. The Labute approximate surface area is 175 Å². The first kappa shape index (κ1) is 21.6. The normalized spacial score (nSPS) is 13.6. The fourth-order valence-electron chi connectivity index (χ4n) is 3.07. The van der Waals surface area contributed by atoms with Gasteiger partial charge >= 0.3 is 0 Å². The molecule has 0 atom stereocenters. The summed E-state index contributed by atoms with van der Waals surface area (Å²) in [6.07, 6.45) is 1.88. The van der Waals surface area contributed by atoms with Crippen LogP contribution in [0.3, 0.4) is 0 Å². The second-order valence-corrected chi connectivity index (χ2v) is 9.21. The average Bonchev–Trinajstić information content (AvgIpc) is 3.47. The molecule has 0 heterocycles. The van der Waals surface area contributed by atoms with Gasteiger partial charge < -0.3 is 10.2 Å². The number of hydrogen-bond acceptors (Lipinski definition) is 6. The minimum absolute atomic E-state index is 0.0652. The van der Waals surface area contributed by atoms with E-state index in [1.807, 2.05) is 13.0 Å². The molecule has 0 aliphatic heterocycles. The Morgan fingerprint density at radius 1 is 1.20 bits per heavy atom. The van der Waals surface area contributed by atoms with Crippen LogP contribution in [0.4, 0.5) is 17.1 Å². The van der Waals surface area contributed by atoms with Crippen LogP contribution in [-0.4, -0.2) is 38.9 Å². The van der Waals surface area contributed by atoms with Gasteiger partial charge in [-0.2, -0.15) is 0 Å². The van der Waals surface area contributed by atoms with Gasteiger partial charge in [0.05, 0.1) is 22.1 Å². The number of rotatable bonds is 8. The lowest BCUT2D eigenvalue weighted by Crippen LogP contribution is -2.36. The van der Waals surface area contributed by atoms with Crippen molar-refractivity contribution in [3.8, 4) is 0 Å². The highest BCUT2D eigenvalue weighted by Crippen LogP contribution is 2.31. The Morgan fingerprint density at radius 2 is 1.90 bits per heavy atom. The molecule has 0 saturated heterocycles. The van der Waals surface area contributed by atoms with E-state index in [1.54, 1.807) is 26.1 Å². The van der Waals surface area contributed by atoms with Crippen molar-refractivity contribution in [2.45, 2.75) is 37.6 Å². The summed E-state index contributed by atoms with van der Waals surface area (Å²) in [5.74, 6) is -0.234. The summed E-state index contributed by atoms with van der Waals surface area (Å²) < 4.78 is 28.1. The van der Waals surface area contributed by atoms with Crippen LogP contribution >= 0.6 is 0 Å². The Balaban J connectivity index is 1.85. The number of benzene rings is 2.